The molecule has 2 heterocycles. The molecule has 0 aliphatic rings. The number of rotatable bonds is 12. The zero-order chi connectivity index (χ0) is 45.0. The molecule has 1 atom stereocenters. The summed E-state index contributed by atoms with van der Waals surface area (Å²) in [6, 6.07) is 7.90. The number of aromatic nitrogens is 5. The fourth-order valence-corrected chi connectivity index (χ4v) is 6.73. The van der Waals surface area contributed by atoms with E-state index < -0.39 is 34.2 Å². The molecule has 0 bridgehead atoms. The molecule has 59 heavy (non-hydrogen) atoms. The summed E-state index contributed by atoms with van der Waals surface area (Å²) in [5.41, 5.74) is 1.25. The molecule has 0 radical (unpaired) electrons. The Labute approximate surface area is 365 Å². The van der Waals surface area contributed by atoms with Crippen LogP contribution in [0.2, 0.25) is 10.3 Å². The van der Waals surface area contributed by atoms with Crippen LogP contribution in [0.1, 0.15) is 82.6 Å². The third-order valence-electron chi connectivity index (χ3n) is 7.74. The molecule has 0 aliphatic carbocycles. The highest BCUT2D eigenvalue weighted by atomic mass is 79.9. The second-order valence-corrected chi connectivity index (χ2v) is 16.0. The van der Waals surface area contributed by atoms with Crippen LogP contribution in [-0.2, 0) is 33.9 Å². The quantitative estimate of drug-likeness (QED) is 0.0802. The lowest BCUT2D eigenvalue weighted by Gasteiger charge is -2.31. The molecule has 4 aromatic rings. The Morgan fingerprint density at radius 3 is 2.17 bits per heavy atom. The Balaban J connectivity index is 0.000000316. The van der Waals surface area contributed by atoms with Crippen molar-refractivity contribution in [1.29, 1.82) is 0 Å². The number of nitrogens with zero attached hydrogens (tertiary/aromatic N) is 6. The number of alkyl halides is 4. The van der Waals surface area contributed by atoms with Gasteiger partial charge in [0.2, 0.25) is 23.1 Å². The number of benzene rings is 2. The zero-order valence-corrected chi connectivity index (χ0v) is 38.6. The Morgan fingerprint density at radius 2 is 1.66 bits per heavy atom. The van der Waals surface area contributed by atoms with E-state index in [4.69, 9.17) is 44.3 Å². The maximum atomic E-state index is 14.3. The summed E-state index contributed by atoms with van der Waals surface area (Å²) in [5, 5.41) is 9.81. The van der Waals surface area contributed by atoms with Gasteiger partial charge in [0.1, 0.15) is 17.4 Å². The Morgan fingerprint density at radius 1 is 1.03 bits per heavy atom. The van der Waals surface area contributed by atoms with Gasteiger partial charge in [-0.2, -0.15) is 33.2 Å². The van der Waals surface area contributed by atoms with Crippen molar-refractivity contribution in [2.45, 2.75) is 92.6 Å². The van der Waals surface area contributed by atoms with E-state index >= 15 is 0 Å². The Kier molecular flexibility index (Phi) is 19.8. The zero-order valence-electron chi connectivity index (χ0n) is 34.7. The summed E-state index contributed by atoms with van der Waals surface area (Å²) in [4.78, 5) is 38.1. The molecule has 0 fully saturated rings. The number of carbonyl (C=O) groups excluding carboxylic acids is 2. The van der Waals surface area contributed by atoms with Crippen LogP contribution >= 0.6 is 50.7 Å². The summed E-state index contributed by atoms with van der Waals surface area (Å²) in [6.07, 6.45) is -4.26. The van der Waals surface area contributed by atoms with Crippen molar-refractivity contribution in [3.8, 4) is 11.3 Å². The van der Waals surface area contributed by atoms with Gasteiger partial charge in [-0.15, -0.1) is 11.6 Å². The minimum atomic E-state index is -4.69. The maximum absolute atomic E-state index is 14.3. The van der Waals surface area contributed by atoms with Crippen LogP contribution in [-0.4, -0.2) is 80.4 Å². The predicted molar refractivity (Wildman–Crippen MR) is 229 cm³/mol. The number of methoxy groups -OCH3 is 1. The van der Waals surface area contributed by atoms with Crippen molar-refractivity contribution in [3.05, 3.63) is 73.3 Å². The van der Waals surface area contributed by atoms with Gasteiger partial charge in [-0.05, 0) is 113 Å². The number of halogens is 8. The number of carbonyl (C=O) groups is 2. The van der Waals surface area contributed by atoms with E-state index in [-0.39, 0.29) is 50.5 Å². The molecule has 2 aromatic heterocycles. The minimum Gasteiger partial charge on any atom is -0.459 e. The number of aryl methyl sites for hydroxylation is 3. The number of hydrogen-bond donors (Lipinski definition) is 2. The molecular weight excluding hydrogens is 907 g/mol. The van der Waals surface area contributed by atoms with Crippen LogP contribution in [0.15, 0.2) is 34.8 Å². The minimum absolute atomic E-state index is 0.0223. The highest BCUT2D eigenvalue weighted by Crippen LogP contribution is 2.41. The van der Waals surface area contributed by atoms with E-state index in [9.17, 15) is 27.2 Å². The Hall–Kier alpha value is -3.77. The lowest BCUT2D eigenvalue weighted by Crippen LogP contribution is -2.43. The number of hydrogen-bond acceptors (Lipinski definition) is 10. The van der Waals surface area contributed by atoms with Gasteiger partial charge < -0.3 is 25.0 Å². The molecule has 2 aromatic carbocycles. The molecule has 0 aliphatic heterocycles. The van der Waals surface area contributed by atoms with Crippen LogP contribution < -0.4 is 15.5 Å². The van der Waals surface area contributed by atoms with Crippen molar-refractivity contribution in [2.75, 3.05) is 41.7 Å². The van der Waals surface area contributed by atoms with Gasteiger partial charge in [-0.3, -0.25) is 9.48 Å². The van der Waals surface area contributed by atoms with Crippen molar-refractivity contribution in [2.24, 2.45) is 7.05 Å². The number of para-hydroxylation sites is 1. The van der Waals surface area contributed by atoms with Gasteiger partial charge in [-0.1, -0.05) is 36.7 Å². The normalized spacial score (nSPS) is 11.9. The number of nitrogens with one attached hydrogen (secondary N) is 2. The average Bonchev–Trinajstić information content (AvgIpc) is 3.41. The SMILES string of the molecule is CC(C)OC(=O)c1cc(-c2nn(C)c(C(F)(F)F)c2Br)c(F)cc1Cl.CCNc1nc(Cl)nc(NC(C)(C)C)n1.CCc1cccc(C)c1N(C(=O)CCl)C(C)COC. The predicted octanol–water partition coefficient (Wildman–Crippen LogP) is 10.6. The summed E-state index contributed by atoms with van der Waals surface area (Å²) in [7, 11) is 2.72. The van der Waals surface area contributed by atoms with Crippen LogP contribution in [0, 0.1) is 12.7 Å². The molecule has 20 heteroatoms. The van der Waals surface area contributed by atoms with Crippen LogP contribution in [0.3, 0.4) is 0 Å². The molecule has 1 amide bonds. The van der Waals surface area contributed by atoms with Gasteiger partial charge >= 0.3 is 12.1 Å². The lowest BCUT2D eigenvalue weighted by atomic mass is 10.0. The maximum Gasteiger partial charge on any atom is 0.434 e. The largest absolute Gasteiger partial charge is 0.459 e. The molecule has 12 nitrogen and oxygen atoms in total. The first kappa shape index (κ1) is 51.4. The molecule has 0 spiro atoms. The fraction of sp³-hybridized carbons (Fsp3) is 0.487. The highest BCUT2D eigenvalue weighted by molar-refractivity contribution is 9.10. The first-order valence-electron chi connectivity index (χ1n) is 18.3. The molecule has 2 N–H and O–H groups in total. The summed E-state index contributed by atoms with van der Waals surface area (Å²) < 4.78 is 63.8. The standard InChI is InChI=1S/C15H12BrClF4N2O2.C15H22ClNO2.C9H16ClN5/c1-6(2)25-14(24)7-4-8(10(18)5-9(7)17)12-11(16)13(15(19,20)21)23(3)22-12;1-5-13-8-6-7-11(2)15(13)17(14(18)9-16)12(3)10-19-4;1-5-11-7-12-6(10)13-8(14-7)15-9(2,3)4/h4-6H,1-3H3;6-8,12H,5,9-10H2,1-4H3;5H2,1-4H3,(H2,11,12,13,14,15). The molecule has 326 valence electrons. The fourth-order valence-electron chi connectivity index (χ4n) is 5.44. The smallest absolute Gasteiger partial charge is 0.434 e. The lowest BCUT2D eigenvalue weighted by molar-refractivity contribution is -0.144. The van der Waals surface area contributed by atoms with Crippen molar-refractivity contribution < 1.29 is 36.6 Å². The van der Waals surface area contributed by atoms with Gasteiger partial charge in [0, 0.05) is 31.8 Å². The van der Waals surface area contributed by atoms with E-state index in [2.05, 4.69) is 59.6 Å². The second-order valence-electron chi connectivity index (χ2n) is 14.2. The molecule has 0 saturated heterocycles. The van der Waals surface area contributed by atoms with E-state index in [1.807, 2.05) is 53.7 Å². The van der Waals surface area contributed by atoms with Crippen LogP contribution in [0.25, 0.3) is 11.3 Å². The third kappa shape index (κ3) is 15.0. The topological polar surface area (TPSA) is 136 Å². The van der Waals surface area contributed by atoms with Gasteiger partial charge in [0.25, 0.3) is 0 Å². The first-order valence-corrected chi connectivity index (χ1v) is 20.4. The van der Waals surface area contributed by atoms with Crippen molar-refractivity contribution in [3.63, 3.8) is 0 Å². The molecule has 4 rings (SSSR count). The van der Waals surface area contributed by atoms with Crippen molar-refractivity contribution in [1.82, 2.24) is 24.7 Å². The van der Waals surface area contributed by atoms with Crippen molar-refractivity contribution >= 4 is 80.2 Å². The molecule has 1 unspecified atom stereocenters. The summed E-state index contributed by atoms with van der Waals surface area (Å²) in [6.45, 7) is 18.6. The number of amides is 1. The van der Waals surface area contributed by atoms with Gasteiger partial charge in [-0.25, -0.2) is 9.18 Å². The van der Waals surface area contributed by atoms with Gasteiger partial charge in [0.15, 0.2) is 5.69 Å². The first-order chi connectivity index (χ1) is 27.4. The van der Waals surface area contributed by atoms with E-state index in [0.29, 0.717) is 23.2 Å². The number of ether oxygens (including phenoxy) is 2. The summed E-state index contributed by atoms with van der Waals surface area (Å²) >= 11 is 20.2. The molecular formula is C39H50BrCl3F4N8O4. The van der Waals surface area contributed by atoms with Gasteiger partial charge in [0.05, 0.1) is 39.5 Å². The second kappa shape index (κ2) is 22.7. The van der Waals surface area contributed by atoms with E-state index in [1.54, 1.807) is 25.9 Å². The number of esters is 1. The van der Waals surface area contributed by atoms with E-state index in [0.717, 1.165) is 49.0 Å². The monoisotopic (exact) mass is 954 g/mol. The molecule has 0 saturated carbocycles. The van der Waals surface area contributed by atoms with Crippen LogP contribution in [0.5, 0.6) is 0 Å². The average molecular weight is 957 g/mol. The third-order valence-corrected chi connectivity index (χ3v) is 9.20. The number of anilines is 3. The Bertz CT molecular complexity index is 2050. The summed E-state index contributed by atoms with van der Waals surface area (Å²) in [5.74, 6) is -0.869. The highest BCUT2D eigenvalue weighted by Gasteiger charge is 2.39. The van der Waals surface area contributed by atoms with Crippen LogP contribution in [0.4, 0.5) is 35.1 Å². The van der Waals surface area contributed by atoms with E-state index in [1.165, 1.54) is 0 Å².